The number of rotatable bonds is 7. The van der Waals surface area contributed by atoms with Crippen molar-refractivity contribution in [2.75, 3.05) is 19.6 Å². The first-order valence-electron chi connectivity index (χ1n) is 10.3. The largest absolute Gasteiger partial charge is 0.479 e. The highest BCUT2D eigenvalue weighted by molar-refractivity contribution is 6.35. The van der Waals surface area contributed by atoms with Gasteiger partial charge in [-0.1, -0.05) is 40.9 Å². The zero-order chi connectivity index (χ0) is 23.4. The zero-order valence-electron chi connectivity index (χ0n) is 17.9. The predicted molar refractivity (Wildman–Crippen MR) is 126 cm³/mol. The van der Waals surface area contributed by atoms with Crippen LogP contribution in [-0.4, -0.2) is 58.6 Å². The number of hydrogen-bond donors (Lipinski definition) is 1. The number of amides is 1. The molecule has 1 aliphatic rings. The number of halogens is 3. The molecule has 0 aliphatic carbocycles. The Morgan fingerprint density at radius 3 is 2.44 bits per heavy atom. The van der Waals surface area contributed by atoms with Crippen LogP contribution in [0.25, 0.3) is 0 Å². The van der Waals surface area contributed by atoms with E-state index < -0.39 is 12.1 Å². The number of carboxylic acids is 1. The fraction of sp³-hybridized carbons (Fsp3) is 0.391. The minimum atomic E-state index is -1.03. The molecule has 6 nitrogen and oxygen atoms in total. The lowest BCUT2D eigenvalue weighted by Crippen LogP contribution is -2.54. The van der Waals surface area contributed by atoms with E-state index in [1.807, 2.05) is 11.8 Å². The highest BCUT2D eigenvalue weighted by Gasteiger charge is 2.28. The average molecular weight is 500 g/mol. The number of benzene rings is 2. The SMILES string of the molecule is CC(Oc1ccc(Cl)cc1CN1CCN(C(=O)Cc2ccc(Cl)cc2Cl)[C@@H](C)C1)C(=O)O. The number of nitrogens with zero attached hydrogens (tertiary/aromatic N) is 2. The molecule has 0 aromatic heterocycles. The standard InChI is InChI=1S/C23H25Cl3N2O4/c1-14-12-27(13-17-9-18(24)5-6-21(17)32-15(2)23(30)31)7-8-28(14)22(29)10-16-3-4-19(25)11-20(16)26/h3-6,9,11,14-15H,7-8,10,12-13H2,1-2H3,(H,30,31)/t14-,15?/m0/s1. The average Bonchev–Trinajstić information content (AvgIpc) is 2.72. The highest BCUT2D eigenvalue weighted by atomic mass is 35.5. The molecule has 0 radical (unpaired) electrons. The predicted octanol–water partition coefficient (Wildman–Crippen LogP) is 4.77. The van der Waals surface area contributed by atoms with Gasteiger partial charge in [-0.05, 0) is 49.7 Å². The molecule has 9 heteroatoms. The maximum Gasteiger partial charge on any atom is 0.344 e. The van der Waals surface area contributed by atoms with Gasteiger partial charge in [0.15, 0.2) is 6.10 Å². The van der Waals surface area contributed by atoms with Crippen molar-refractivity contribution < 1.29 is 19.4 Å². The molecule has 0 bridgehead atoms. The van der Waals surface area contributed by atoms with Crippen LogP contribution in [0.4, 0.5) is 0 Å². The zero-order valence-corrected chi connectivity index (χ0v) is 20.1. The molecule has 1 heterocycles. The van der Waals surface area contributed by atoms with Crippen LogP contribution in [0.3, 0.4) is 0 Å². The molecule has 1 unspecified atom stereocenters. The van der Waals surface area contributed by atoms with Crippen molar-refractivity contribution in [3.8, 4) is 5.75 Å². The van der Waals surface area contributed by atoms with Gasteiger partial charge in [0.05, 0.1) is 6.42 Å². The lowest BCUT2D eigenvalue weighted by molar-refractivity contribution is -0.144. The minimum Gasteiger partial charge on any atom is -0.479 e. The number of carbonyl (C=O) groups is 2. The molecule has 0 spiro atoms. The van der Waals surface area contributed by atoms with Gasteiger partial charge in [-0.25, -0.2) is 4.79 Å². The molecule has 0 saturated carbocycles. The molecular weight excluding hydrogens is 475 g/mol. The van der Waals surface area contributed by atoms with Crippen molar-refractivity contribution in [3.63, 3.8) is 0 Å². The molecule has 1 amide bonds. The fourth-order valence-electron chi connectivity index (χ4n) is 3.75. The summed E-state index contributed by atoms with van der Waals surface area (Å²) in [6.07, 6.45) is -0.748. The van der Waals surface area contributed by atoms with E-state index in [2.05, 4.69) is 4.90 Å². The van der Waals surface area contributed by atoms with Gasteiger partial charge in [0, 0.05) is 52.9 Å². The Hall–Kier alpha value is -1.99. The van der Waals surface area contributed by atoms with Crippen molar-refractivity contribution in [2.24, 2.45) is 0 Å². The number of aliphatic carboxylic acids is 1. The second kappa shape index (κ2) is 10.8. The number of ether oxygens (including phenoxy) is 1. The first-order chi connectivity index (χ1) is 15.1. The van der Waals surface area contributed by atoms with Crippen LogP contribution in [0, 0.1) is 0 Å². The Balaban J connectivity index is 1.64. The van der Waals surface area contributed by atoms with E-state index in [0.29, 0.717) is 47.0 Å². The lowest BCUT2D eigenvalue weighted by Gasteiger charge is -2.40. The lowest BCUT2D eigenvalue weighted by atomic mass is 10.1. The van der Waals surface area contributed by atoms with E-state index in [0.717, 1.165) is 11.1 Å². The van der Waals surface area contributed by atoms with Crippen LogP contribution in [-0.2, 0) is 22.6 Å². The van der Waals surface area contributed by atoms with Crippen molar-refractivity contribution >= 4 is 46.7 Å². The number of carbonyl (C=O) groups excluding carboxylic acids is 1. The van der Waals surface area contributed by atoms with E-state index in [9.17, 15) is 9.59 Å². The normalized spacial score (nSPS) is 17.8. The molecule has 1 fully saturated rings. The van der Waals surface area contributed by atoms with Crippen LogP contribution < -0.4 is 4.74 Å². The van der Waals surface area contributed by atoms with Gasteiger partial charge in [-0.2, -0.15) is 0 Å². The summed E-state index contributed by atoms with van der Waals surface area (Å²) < 4.78 is 5.60. The summed E-state index contributed by atoms with van der Waals surface area (Å²) in [5.74, 6) is -0.524. The molecule has 172 valence electrons. The van der Waals surface area contributed by atoms with Crippen molar-refractivity contribution in [1.82, 2.24) is 9.80 Å². The first-order valence-corrected chi connectivity index (χ1v) is 11.4. The summed E-state index contributed by atoms with van der Waals surface area (Å²) in [6.45, 7) is 5.95. The van der Waals surface area contributed by atoms with Gasteiger partial charge < -0.3 is 14.7 Å². The van der Waals surface area contributed by atoms with Crippen LogP contribution in [0.5, 0.6) is 5.75 Å². The van der Waals surface area contributed by atoms with Crippen molar-refractivity contribution in [1.29, 1.82) is 0 Å². The summed E-state index contributed by atoms with van der Waals surface area (Å²) in [5, 5.41) is 10.7. The third-order valence-electron chi connectivity index (χ3n) is 5.46. The molecule has 1 aliphatic heterocycles. The summed E-state index contributed by atoms with van der Waals surface area (Å²) in [7, 11) is 0. The maximum absolute atomic E-state index is 12.9. The quantitative estimate of drug-likeness (QED) is 0.594. The Labute approximate surface area is 202 Å². The van der Waals surface area contributed by atoms with E-state index in [4.69, 9.17) is 44.6 Å². The Morgan fingerprint density at radius 2 is 1.78 bits per heavy atom. The minimum absolute atomic E-state index is 0.00354. The Morgan fingerprint density at radius 1 is 1.09 bits per heavy atom. The summed E-state index contributed by atoms with van der Waals surface area (Å²) in [4.78, 5) is 28.1. The van der Waals surface area contributed by atoms with Crippen LogP contribution in [0.1, 0.15) is 25.0 Å². The first kappa shape index (κ1) is 24.6. The maximum atomic E-state index is 12.9. The van der Waals surface area contributed by atoms with E-state index in [1.165, 1.54) is 6.92 Å². The molecular formula is C23H25Cl3N2O4. The molecule has 2 atom stereocenters. The molecule has 2 aromatic carbocycles. The van der Waals surface area contributed by atoms with Crippen LogP contribution in [0.15, 0.2) is 36.4 Å². The van der Waals surface area contributed by atoms with Crippen LogP contribution in [0.2, 0.25) is 15.1 Å². The van der Waals surface area contributed by atoms with Gasteiger partial charge in [-0.15, -0.1) is 0 Å². The Kier molecular flexibility index (Phi) is 8.28. The van der Waals surface area contributed by atoms with Gasteiger partial charge >= 0.3 is 5.97 Å². The molecule has 2 aromatic rings. The second-order valence-electron chi connectivity index (χ2n) is 7.93. The molecule has 32 heavy (non-hydrogen) atoms. The Bertz CT molecular complexity index is 1000. The summed E-state index contributed by atoms with van der Waals surface area (Å²) >= 11 is 18.3. The van der Waals surface area contributed by atoms with E-state index >= 15 is 0 Å². The highest BCUT2D eigenvalue weighted by Crippen LogP contribution is 2.27. The number of piperazine rings is 1. The molecule has 1 N–H and O–H groups in total. The number of hydrogen-bond acceptors (Lipinski definition) is 4. The van der Waals surface area contributed by atoms with Gasteiger partial charge in [0.2, 0.25) is 5.91 Å². The molecule has 3 rings (SSSR count). The van der Waals surface area contributed by atoms with Crippen molar-refractivity contribution in [2.45, 2.75) is 39.0 Å². The van der Waals surface area contributed by atoms with Gasteiger partial charge in [0.25, 0.3) is 0 Å². The smallest absolute Gasteiger partial charge is 0.344 e. The van der Waals surface area contributed by atoms with Gasteiger partial charge in [0.1, 0.15) is 5.75 Å². The second-order valence-corrected chi connectivity index (χ2v) is 9.21. The van der Waals surface area contributed by atoms with Crippen LogP contribution >= 0.6 is 34.8 Å². The fourth-order valence-corrected chi connectivity index (χ4v) is 4.42. The van der Waals surface area contributed by atoms with Crippen molar-refractivity contribution in [3.05, 3.63) is 62.6 Å². The summed E-state index contributed by atoms with van der Waals surface area (Å²) in [5.41, 5.74) is 1.56. The third-order valence-corrected chi connectivity index (χ3v) is 6.28. The number of carboxylic acid groups (broad SMARTS) is 1. The third kappa shape index (κ3) is 6.29. The summed E-state index contributed by atoms with van der Waals surface area (Å²) in [6, 6.07) is 10.3. The van der Waals surface area contributed by atoms with Gasteiger partial charge in [-0.3, -0.25) is 9.69 Å². The van der Waals surface area contributed by atoms with E-state index in [1.54, 1.807) is 36.4 Å². The monoisotopic (exact) mass is 498 g/mol. The molecule has 1 saturated heterocycles. The topological polar surface area (TPSA) is 70.1 Å². The van der Waals surface area contributed by atoms with E-state index in [-0.39, 0.29) is 18.4 Å².